The Kier molecular flexibility index (Phi) is 5.60. The van der Waals surface area contributed by atoms with Crippen molar-refractivity contribution in [2.75, 3.05) is 12.4 Å². The van der Waals surface area contributed by atoms with Crippen LogP contribution in [0.2, 0.25) is 0 Å². The molecule has 0 aliphatic carbocycles. The molecule has 0 saturated carbocycles. The number of aromatic amines is 1. The Hall–Kier alpha value is -3.82. The molecule has 2 N–H and O–H groups in total. The number of pyridine rings is 1. The fourth-order valence-corrected chi connectivity index (χ4v) is 3.42. The van der Waals surface area contributed by atoms with Gasteiger partial charge in [0.2, 0.25) is 5.91 Å². The maximum atomic E-state index is 14.1. The SMILES string of the molecule is COc1ccc(F)cc1CC(=O)Nc1cn[nH]c1-c1cc2c(cn1)cnn2CC(C)(C)F. The lowest BCUT2D eigenvalue weighted by Crippen LogP contribution is -2.21. The lowest BCUT2D eigenvalue weighted by Gasteiger charge is -2.14. The Morgan fingerprint density at radius 3 is 2.81 bits per heavy atom. The van der Waals surface area contributed by atoms with Crippen LogP contribution >= 0.6 is 0 Å². The summed E-state index contributed by atoms with van der Waals surface area (Å²) in [7, 11) is 1.46. The number of ether oxygens (including phenoxy) is 1. The van der Waals surface area contributed by atoms with Crippen molar-refractivity contribution in [2.24, 2.45) is 0 Å². The highest BCUT2D eigenvalue weighted by atomic mass is 19.1. The normalized spacial score (nSPS) is 11.7. The molecule has 0 bridgehead atoms. The molecule has 0 aliphatic heterocycles. The van der Waals surface area contributed by atoms with Gasteiger partial charge in [-0.3, -0.25) is 19.6 Å². The molecule has 4 aromatic rings. The second-order valence-corrected chi connectivity index (χ2v) is 7.99. The molecule has 0 unspecified atom stereocenters. The van der Waals surface area contributed by atoms with E-state index in [0.29, 0.717) is 33.9 Å². The van der Waals surface area contributed by atoms with Crippen LogP contribution in [0, 0.1) is 5.82 Å². The van der Waals surface area contributed by atoms with Gasteiger partial charge in [0, 0.05) is 17.1 Å². The number of anilines is 1. The molecule has 0 spiro atoms. The lowest BCUT2D eigenvalue weighted by molar-refractivity contribution is -0.115. The molecule has 166 valence electrons. The topological polar surface area (TPSA) is 97.7 Å². The molecule has 8 nitrogen and oxygen atoms in total. The summed E-state index contributed by atoms with van der Waals surface area (Å²) in [4.78, 5) is 17.0. The van der Waals surface area contributed by atoms with Gasteiger partial charge in [0.1, 0.15) is 22.9 Å². The van der Waals surface area contributed by atoms with Crippen LogP contribution in [-0.4, -0.2) is 43.6 Å². The number of hydrogen-bond acceptors (Lipinski definition) is 5. The number of methoxy groups -OCH3 is 1. The van der Waals surface area contributed by atoms with E-state index in [9.17, 15) is 13.6 Å². The van der Waals surface area contributed by atoms with Gasteiger partial charge in [-0.15, -0.1) is 0 Å². The molecule has 3 heterocycles. The third-order valence-corrected chi connectivity index (χ3v) is 4.81. The third-order valence-electron chi connectivity index (χ3n) is 4.81. The van der Waals surface area contributed by atoms with Crippen molar-refractivity contribution in [1.82, 2.24) is 25.0 Å². The summed E-state index contributed by atoms with van der Waals surface area (Å²) in [5.41, 5.74) is 1.09. The summed E-state index contributed by atoms with van der Waals surface area (Å²) in [6, 6.07) is 5.76. The number of fused-ring (bicyclic) bond motifs is 1. The van der Waals surface area contributed by atoms with Crippen LogP contribution in [0.15, 0.2) is 42.9 Å². The summed E-state index contributed by atoms with van der Waals surface area (Å²) in [5, 5.41) is 14.6. The van der Waals surface area contributed by atoms with E-state index in [1.807, 2.05) is 0 Å². The number of aromatic nitrogens is 5. The number of rotatable bonds is 7. The number of carbonyl (C=O) groups is 1. The summed E-state index contributed by atoms with van der Waals surface area (Å²) in [6.45, 7) is 3.06. The molecule has 0 aliphatic rings. The quantitative estimate of drug-likeness (QED) is 0.454. The largest absolute Gasteiger partial charge is 0.496 e. The Balaban J connectivity index is 1.59. The first kappa shape index (κ1) is 21.4. The fraction of sp³-hybridized carbons (Fsp3) is 0.273. The molecule has 0 saturated heterocycles. The minimum atomic E-state index is -1.44. The monoisotopic (exact) mass is 440 g/mol. The Morgan fingerprint density at radius 1 is 1.25 bits per heavy atom. The summed E-state index contributed by atoms with van der Waals surface area (Å²) < 4.78 is 34.5. The molecule has 32 heavy (non-hydrogen) atoms. The van der Waals surface area contributed by atoms with Crippen LogP contribution in [0.25, 0.3) is 22.3 Å². The second-order valence-electron chi connectivity index (χ2n) is 7.99. The zero-order chi connectivity index (χ0) is 22.9. The van der Waals surface area contributed by atoms with Crippen molar-refractivity contribution < 1.29 is 18.3 Å². The highest BCUT2D eigenvalue weighted by Crippen LogP contribution is 2.28. The van der Waals surface area contributed by atoms with Gasteiger partial charge in [0.05, 0.1) is 49.4 Å². The summed E-state index contributed by atoms with van der Waals surface area (Å²) in [5.74, 6) is -0.407. The first-order valence-corrected chi connectivity index (χ1v) is 9.90. The molecular formula is C22H22F2N6O2. The van der Waals surface area contributed by atoms with E-state index in [0.717, 1.165) is 5.39 Å². The number of nitrogens with one attached hydrogen (secondary N) is 2. The maximum Gasteiger partial charge on any atom is 0.229 e. The highest BCUT2D eigenvalue weighted by molar-refractivity contribution is 5.96. The van der Waals surface area contributed by atoms with Gasteiger partial charge in [-0.05, 0) is 38.1 Å². The number of amides is 1. The fourth-order valence-electron chi connectivity index (χ4n) is 3.42. The van der Waals surface area contributed by atoms with E-state index in [1.165, 1.54) is 45.4 Å². The van der Waals surface area contributed by atoms with Crippen LogP contribution in [0.4, 0.5) is 14.5 Å². The number of H-pyrrole nitrogens is 1. The van der Waals surface area contributed by atoms with Crippen molar-refractivity contribution in [1.29, 1.82) is 0 Å². The van der Waals surface area contributed by atoms with Gasteiger partial charge in [-0.1, -0.05) is 0 Å². The average molecular weight is 440 g/mol. The number of nitrogens with zero attached hydrogens (tertiary/aromatic N) is 4. The number of hydrogen-bond donors (Lipinski definition) is 2. The molecule has 1 amide bonds. The molecule has 1 aromatic carbocycles. The van der Waals surface area contributed by atoms with E-state index in [2.05, 4.69) is 25.6 Å². The van der Waals surface area contributed by atoms with Gasteiger partial charge >= 0.3 is 0 Å². The molecule has 0 radical (unpaired) electrons. The van der Waals surface area contributed by atoms with Gasteiger partial charge < -0.3 is 10.1 Å². The van der Waals surface area contributed by atoms with E-state index in [1.54, 1.807) is 23.1 Å². The van der Waals surface area contributed by atoms with E-state index in [4.69, 9.17) is 4.74 Å². The zero-order valence-electron chi connectivity index (χ0n) is 17.8. The van der Waals surface area contributed by atoms with Gasteiger partial charge in [-0.25, -0.2) is 8.78 Å². The Labute approximate surface area is 182 Å². The first-order valence-electron chi connectivity index (χ1n) is 9.90. The second kappa shape index (κ2) is 8.37. The Bertz CT molecular complexity index is 1280. The van der Waals surface area contributed by atoms with Gasteiger partial charge in [0.15, 0.2) is 0 Å². The number of halogens is 2. The first-order chi connectivity index (χ1) is 15.2. The molecular weight excluding hydrogens is 418 g/mol. The number of alkyl halides is 1. The smallest absolute Gasteiger partial charge is 0.229 e. The highest BCUT2D eigenvalue weighted by Gasteiger charge is 2.20. The maximum absolute atomic E-state index is 14.1. The van der Waals surface area contributed by atoms with Crippen LogP contribution in [0.5, 0.6) is 5.75 Å². The molecule has 4 rings (SSSR count). The third kappa shape index (κ3) is 4.58. The molecule has 3 aromatic heterocycles. The minimum Gasteiger partial charge on any atom is -0.496 e. The van der Waals surface area contributed by atoms with Crippen molar-refractivity contribution in [3.8, 4) is 17.1 Å². The average Bonchev–Trinajstić information content (AvgIpc) is 3.33. The van der Waals surface area contributed by atoms with Crippen LogP contribution < -0.4 is 10.1 Å². The number of benzene rings is 1. The lowest BCUT2D eigenvalue weighted by atomic mass is 10.1. The van der Waals surface area contributed by atoms with E-state index >= 15 is 0 Å². The minimum absolute atomic E-state index is 0.0853. The van der Waals surface area contributed by atoms with Crippen LogP contribution in [-0.2, 0) is 17.8 Å². The predicted molar refractivity (Wildman–Crippen MR) is 116 cm³/mol. The van der Waals surface area contributed by atoms with E-state index < -0.39 is 11.5 Å². The summed E-state index contributed by atoms with van der Waals surface area (Å²) >= 11 is 0. The van der Waals surface area contributed by atoms with Crippen molar-refractivity contribution in [3.05, 3.63) is 54.2 Å². The molecule has 0 fully saturated rings. The van der Waals surface area contributed by atoms with Crippen LogP contribution in [0.3, 0.4) is 0 Å². The predicted octanol–water partition coefficient (Wildman–Crippen LogP) is 3.90. The zero-order valence-corrected chi connectivity index (χ0v) is 17.8. The number of carbonyl (C=O) groups excluding carboxylic acids is 1. The molecule has 0 atom stereocenters. The molecule has 10 heteroatoms. The standard InChI is InChI=1S/C22H22F2N6O2/c1-22(2,24)12-30-18-8-16(25-9-14(18)10-27-30)21-17(11-26-29-21)28-20(31)7-13-6-15(23)4-5-19(13)32-3/h4-6,8-11H,7,12H2,1-3H3,(H,26,29)(H,28,31). The van der Waals surface area contributed by atoms with Crippen molar-refractivity contribution >= 4 is 22.5 Å². The van der Waals surface area contributed by atoms with Crippen LogP contribution in [0.1, 0.15) is 19.4 Å². The van der Waals surface area contributed by atoms with Crippen molar-refractivity contribution in [3.63, 3.8) is 0 Å². The Morgan fingerprint density at radius 2 is 2.06 bits per heavy atom. The van der Waals surface area contributed by atoms with Gasteiger partial charge in [0.25, 0.3) is 0 Å². The van der Waals surface area contributed by atoms with Crippen molar-refractivity contribution in [2.45, 2.75) is 32.5 Å². The summed E-state index contributed by atoms with van der Waals surface area (Å²) in [6.07, 6.45) is 4.63. The van der Waals surface area contributed by atoms with Gasteiger partial charge in [-0.2, -0.15) is 10.2 Å². The van der Waals surface area contributed by atoms with E-state index in [-0.39, 0.29) is 18.9 Å².